The van der Waals surface area contributed by atoms with Crippen LogP contribution in [0.3, 0.4) is 0 Å². The van der Waals surface area contributed by atoms with Crippen molar-refractivity contribution in [2.45, 2.75) is 25.4 Å². The lowest BCUT2D eigenvalue weighted by Gasteiger charge is -2.22. The Labute approximate surface area is 117 Å². The van der Waals surface area contributed by atoms with E-state index in [1.807, 2.05) is 24.3 Å². The number of hydrogen-bond donors (Lipinski definition) is 3. The maximum atomic E-state index is 12.1. The number of carbonyl (C=O) groups excluding carboxylic acids is 1. The predicted molar refractivity (Wildman–Crippen MR) is 78.6 cm³/mol. The first-order valence-corrected chi connectivity index (χ1v) is 7.00. The van der Waals surface area contributed by atoms with Gasteiger partial charge in [-0.25, -0.2) is 0 Å². The van der Waals surface area contributed by atoms with Crippen molar-refractivity contribution in [3.63, 3.8) is 0 Å². The molecule has 1 saturated heterocycles. The van der Waals surface area contributed by atoms with Gasteiger partial charge in [0.05, 0.1) is 6.10 Å². The van der Waals surface area contributed by atoms with Crippen molar-refractivity contribution in [1.82, 2.24) is 10.3 Å². The van der Waals surface area contributed by atoms with Crippen molar-refractivity contribution < 1.29 is 9.53 Å². The minimum absolute atomic E-state index is 0.103. The summed E-state index contributed by atoms with van der Waals surface area (Å²) in [4.78, 5) is 15.2. The zero-order valence-electron chi connectivity index (χ0n) is 11.3. The van der Waals surface area contributed by atoms with Crippen molar-refractivity contribution >= 4 is 22.5 Å². The van der Waals surface area contributed by atoms with Gasteiger partial charge in [0.2, 0.25) is 0 Å². The Hall–Kier alpha value is -2.01. The average molecular weight is 273 g/mol. The molecule has 1 aromatic carbocycles. The minimum atomic E-state index is -0.103. The Morgan fingerprint density at radius 3 is 3.10 bits per heavy atom. The molecule has 5 nitrogen and oxygen atoms in total. The lowest BCUT2D eigenvalue weighted by Crippen LogP contribution is -2.35. The lowest BCUT2D eigenvalue weighted by atomic mass is 10.1. The Balaban J connectivity index is 1.65. The minimum Gasteiger partial charge on any atom is -0.399 e. The van der Waals surface area contributed by atoms with Crippen molar-refractivity contribution in [2.75, 3.05) is 18.9 Å². The van der Waals surface area contributed by atoms with Gasteiger partial charge in [0, 0.05) is 29.7 Å². The van der Waals surface area contributed by atoms with Gasteiger partial charge in [-0.1, -0.05) is 0 Å². The van der Waals surface area contributed by atoms with Gasteiger partial charge in [-0.05, 0) is 43.5 Å². The number of nitrogens with two attached hydrogens (primary N) is 1. The van der Waals surface area contributed by atoms with Gasteiger partial charge in [-0.3, -0.25) is 4.79 Å². The van der Waals surface area contributed by atoms with Crippen LogP contribution >= 0.6 is 0 Å². The molecular formula is C15H19N3O2. The number of hydrogen-bond acceptors (Lipinski definition) is 3. The SMILES string of the molecule is Nc1ccc2[nH]c(C(=O)NCC3CCCCO3)cc2c1. The maximum Gasteiger partial charge on any atom is 0.267 e. The van der Waals surface area contributed by atoms with E-state index in [1.165, 1.54) is 6.42 Å². The molecule has 106 valence electrons. The summed E-state index contributed by atoms with van der Waals surface area (Å²) in [7, 11) is 0. The van der Waals surface area contributed by atoms with E-state index in [2.05, 4.69) is 10.3 Å². The van der Waals surface area contributed by atoms with Crippen LogP contribution in [-0.2, 0) is 4.74 Å². The second kappa shape index (κ2) is 5.54. The van der Waals surface area contributed by atoms with E-state index in [0.29, 0.717) is 17.9 Å². The van der Waals surface area contributed by atoms with Crippen LogP contribution in [0.2, 0.25) is 0 Å². The molecule has 2 heterocycles. The Kier molecular flexibility index (Phi) is 3.60. The second-order valence-corrected chi connectivity index (χ2v) is 5.23. The average Bonchev–Trinajstić information content (AvgIpc) is 2.89. The van der Waals surface area contributed by atoms with E-state index in [-0.39, 0.29) is 12.0 Å². The zero-order valence-corrected chi connectivity index (χ0v) is 11.3. The summed E-state index contributed by atoms with van der Waals surface area (Å²) in [6, 6.07) is 7.37. The Morgan fingerprint density at radius 1 is 1.40 bits per heavy atom. The van der Waals surface area contributed by atoms with Crippen molar-refractivity contribution in [3.8, 4) is 0 Å². The van der Waals surface area contributed by atoms with Gasteiger partial charge in [0.1, 0.15) is 5.69 Å². The molecule has 1 unspecified atom stereocenters. The van der Waals surface area contributed by atoms with E-state index in [1.54, 1.807) is 0 Å². The molecule has 1 atom stereocenters. The van der Waals surface area contributed by atoms with Crippen LogP contribution in [0.25, 0.3) is 10.9 Å². The summed E-state index contributed by atoms with van der Waals surface area (Å²) in [5.74, 6) is -0.103. The fraction of sp³-hybridized carbons (Fsp3) is 0.400. The number of rotatable bonds is 3. The number of benzene rings is 1. The van der Waals surface area contributed by atoms with Gasteiger partial charge >= 0.3 is 0 Å². The number of nitrogen functional groups attached to an aromatic ring is 1. The van der Waals surface area contributed by atoms with Crippen LogP contribution < -0.4 is 11.1 Å². The number of aromatic amines is 1. The Morgan fingerprint density at radius 2 is 2.30 bits per heavy atom. The molecule has 20 heavy (non-hydrogen) atoms. The standard InChI is InChI=1S/C15H19N3O2/c16-11-4-5-13-10(7-11)8-14(18-13)15(19)17-9-12-3-1-2-6-20-12/h4-5,7-8,12,18H,1-3,6,9,16H2,(H,17,19). The third-order valence-corrected chi connectivity index (χ3v) is 3.65. The van der Waals surface area contributed by atoms with Gasteiger partial charge in [0.15, 0.2) is 0 Å². The van der Waals surface area contributed by atoms with Crippen LogP contribution in [0.1, 0.15) is 29.8 Å². The number of anilines is 1. The molecule has 2 aromatic rings. The van der Waals surface area contributed by atoms with Crippen LogP contribution in [0, 0.1) is 0 Å². The summed E-state index contributed by atoms with van der Waals surface area (Å²) >= 11 is 0. The molecule has 1 aromatic heterocycles. The highest BCUT2D eigenvalue weighted by atomic mass is 16.5. The normalized spacial score (nSPS) is 19.1. The third kappa shape index (κ3) is 2.77. The van der Waals surface area contributed by atoms with E-state index in [0.717, 1.165) is 30.4 Å². The van der Waals surface area contributed by atoms with Crippen LogP contribution in [0.4, 0.5) is 5.69 Å². The van der Waals surface area contributed by atoms with Crippen LogP contribution in [0.5, 0.6) is 0 Å². The highest BCUT2D eigenvalue weighted by Crippen LogP contribution is 2.18. The first kappa shape index (κ1) is 13.0. The topological polar surface area (TPSA) is 80.1 Å². The smallest absolute Gasteiger partial charge is 0.267 e. The molecule has 3 rings (SSSR count). The summed E-state index contributed by atoms with van der Waals surface area (Å²) in [5, 5.41) is 3.87. The molecule has 1 aliphatic heterocycles. The number of fused-ring (bicyclic) bond motifs is 1. The first-order chi connectivity index (χ1) is 9.72. The number of carbonyl (C=O) groups is 1. The first-order valence-electron chi connectivity index (χ1n) is 7.00. The molecule has 1 aliphatic rings. The van der Waals surface area contributed by atoms with E-state index in [9.17, 15) is 4.79 Å². The van der Waals surface area contributed by atoms with Gasteiger partial charge < -0.3 is 20.8 Å². The summed E-state index contributed by atoms with van der Waals surface area (Å²) in [6.45, 7) is 1.36. The van der Waals surface area contributed by atoms with E-state index in [4.69, 9.17) is 10.5 Å². The number of ether oxygens (including phenoxy) is 1. The molecule has 0 spiro atoms. The van der Waals surface area contributed by atoms with Crippen LogP contribution in [0.15, 0.2) is 24.3 Å². The van der Waals surface area contributed by atoms with Gasteiger partial charge in [-0.15, -0.1) is 0 Å². The molecule has 4 N–H and O–H groups in total. The molecule has 0 bridgehead atoms. The number of aromatic nitrogens is 1. The van der Waals surface area contributed by atoms with Gasteiger partial charge in [-0.2, -0.15) is 0 Å². The highest BCUT2D eigenvalue weighted by Gasteiger charge is 2.16. The molecule has 0 saturated carbocycles. The summed E-state index contributed by atoms with van der Waals surface area (Å²) < 4.78 is 5.60. The molecule has 0 aliphatic carbocycles. The number of H-pyrrole nitrogens is 1. The van der Waals surface area contributed by atoms with Gasteiger partial charge in [0.25, 0.3) is 5.91 Å². The molecule has 1 amide bonds. The second-order valence-electron chi connectivity index (χ2n) is 5.23. The van der Waals surface area contributed by atoms with Crippen LogP contribution in [-0.4, -0.2) is 30.1 Å². The number of amides is 1. The van der Waals surface area contributed by atoms with E-state index >= 15 is 0 Å². The third-order valence-electron chi connectivity index (χ3n) is 3.65. The molecule has 5 heteroatoms. The fourth-order valence-corrected chi connectivity index (χ4v) is 2.54. The Bertz CT molecular complexity index is 615. The predicted octanol–water partition coefficient (Wildman–Crippen LogP) is 2.05. The quantitative estimate of drug-likeness (QED) is 0.749. The molecule has 0 radical (unpaired) electrons. The largest absolute Gasteiger partial charge is 0.399 e. The highest BCUT2D eigenvalue weighted by molar-refractivity contribution is 5.98. The molecular weight excluding hydrogens is 254 g/mol. The van der Waals surface area contributed by atoms with E-state index < -0.39 is 0 Å². The lowest BCUT2D eigenvalue weighted by molar-refractivity contribution is 0.0168. The fourth-order valence-electron chi connectivity index (χ4n) is 2.54. The monoisotopic (exact) mass is 273 g/mol. The molecule has 1 fully saturated rings. The number of nitrogens with one attached hydrogen (secondary N) is 2. The zero-order chi connectivity index (χ0) is 13.9. The van der Waals surface area contributed by atoms with Crippen molar-refractivity contribution in [2.24, 2.45) is 0 Å². The summed E-state index contributed by atoms with van der Waals surface area (Å²) in [6.07, 6.45) is 3.46. The van der Waals surface area contributed by atoms with Crippen molar-refractivity contribution in [1.29, 1.82) is 0 Å². The summed E-state index contributed by atoms with van der Waals surface area (Å²) in [5.41, 5.74) is 7.90. The maximum absolute atomic E-state index is 12.1. The van der Waals surface area contributed by atoms with Crippen molar-refractivity contribution in [3.05, 3.63) is 30.0 Å².